The number of benzene rings is 2. The van der Waals surface area contributed by atoms with Crippen molar-refractivity contribution in [3.63, 3.8) is 0 Å². The average molecular weight is 543 g/mol. The highest BCUT2D eigenvalue weighted by atomic mass is 19.3. The van der Waals surface area contributed by atoms with Gasteiger partial charge in [0.1, 0.15) is 11.4 Å². The maximum atomic E-state index is 13.2. The van der Waals surface area contributed by atoms with Crippen molar-refractivity contribution in [2.24, 2.45) is 11.8 Å². The summed E-state index contributed by atoms with van der Waals surface area (Å²) in [4.78, 5) is 17.9. The molecule has 6 nitrogen and oxygen atoms in total. The van der Waals surface area contributed by atoms with E-state index in [1.807, 2.05) is 30.3 Å². The minimum Gasteiger partial charge on any atom is -0.433 e. The third-order valence-electron chi connectivity index (χ3n) is 7.77. The lowest BCUT2D eigenvalue weighted by Crippen LogP contribution is -2.42. The predicted octanol–water partition coefficient (Wildman–Crippen LogP) is 7.25. The van der Waals surface area contributed by atoms with Gasteiger partial charge in [-0.05, 0) is 73.6 Å². The number of carbonyl (C=O) groups excluding carboxylic acids is 1. The van der Waals surface area contributed by atoms with Crippen molar-refractivity contribution in [3.8, 4) is 23.1 Å². The molecule has 0 saturated heterocycles. The smallest absolute Gasteiger partial charge is 0.387 e. The highest BCUT2D eigenvalue weighted by Gasteiger charge is 2.32. The number of amides is 1. The van der Waals surface area contributed by atoms with Gasteiger partial charge in [0, 0.05) is 29.1 Å². The fourth-order valence-corrected chi connectivity index (χ4v) is 5.99. The molecule has 2 aromatic carbocycles. The van der Waals surface area contributed by atoms with Crippen molar-refractivity contribution in [3.05, 3.63) is 78.0 Å². The second-order valence-electron chi connectivity index (χ2n) is 10.6. The molecule has 40 heavy (non-hydrogen) atoms. The number of allylic oxidation sites excluding steroid dienone is 2. The summed E-state index contributed by atoms with van der Waals surface area (Å²) in [6.07, 6.45) is 7.78. The van der Waals surface area contributed by atoms with Crippen LogP contribution in [0.4, 0.5) is 14.5 Å². The molecule has 0 aliphatic heterocycles. The summed E-state index contributed by atoms with van der Waals surface area (Å²) in [5.41, 5.74) is 3.74. The molecule has 8 heteroatoms. The summed E-state index contributed by atoms with van der Waals surface area (Å²) < 4.78 is 31.0. The molecule has 5 rings (SSSR count). The van der Waals surface area contributed by atoms with Crippen LogP contribution in [0.3, 0.4) is 0 Å². The molecule has 206 valence electrons. The molecule has 3 aromatic rings. The molecule has 1 saturated carbocycles. The first-order chi connectivity index (χ1) is 19.3. The van der Waals surface area contributed by atoms with Crippen LogP contribution >= 0.6 is 0 Å². The van der Waals surface area contributed by atoms with Crippen LogP contribution < -0.4 is 15.4 Å². The normalized spacial score (nSPS) is 20.0. The average Bonchev–Trinajstić information content (AvgIpc) is 2.95. The zero-order valence-corrected chi connectivity index (χ0v) is 22.4. The molecule has 2 N–H and O–H groups in total. The quantitative estimate of drug-likeness (QED) is 0.220. The highest BCUT2D eigenvalue weighted by Crippen LogP contribution is 2.40. The van der Waals surface area contributed by atoms with Crippen molar-refractivity contribution in [1.82, 2.24) is 10.3 Å². The maximum Gasteiger partial charge on any atom is 0.387 e. The van der Waals surface area contributed by atoms with E-state index in [0.29, 0.717) is 39.9 Å². The van der Waals surface area contributed by atoms with Gasteiger partial charge in [-0.3, -0.25) is 4.79 Å². The summed E-state index contributed by atoms with van der Waals surface area (Å²) in [6, 6.07) is 16.1. The number of nitrogens with zero attached hydrogens (tertiary/aromatic N) is 2. The second-order valence-corrected chi connectivity index (χ2v) is 10.6. The van der Waals surface area contributed by atoms with Gasteiger partial charge < -0.3 is 15.4 Å². The van der Waals surface area contributed by atoms with Gasteiger partial charge in [-0.25, -0.2) is 4.98 Å². The number of carbonyl (C=O) groups is 1. The van der Waals surface area contributed by atoms with Crippen LogP contribution in [0.2, 0.25) is 0 Å². The highest BCUT2D eigenvalue weighted by molar-refractivity contribution is 5.99. The number of hydrogen-bond acceptors (Lipinski definition) is 5. The molecule has 2 bridgehead atoms. The van der Waals surface area contributed by atoms with E-state index < -0.39 is 6.61 Å². The molecule has 0 radical (unpaired) electrons. The predicted molar refractivity (Wildman–Crippen MR) is 152 cm³/mol. The van der Waals surface area contributed by atoms with E-state index in [1.54, 1.807) is 18.2 Å². The Morgan fingerprint density at radius 2 is 2.02 bits per heavy atom. The topological polar surface area (TPSA) is 87.0 Å². The van der Waals surface area contributed by atoms with Crippen LogP contribution in [0.5, 0.6) is 5.75 Å². The monoisotopic (exact) mass is 542 g/mol. The number of pyridine rings is 1. The number of halogens is 2. The van der Waals surface area contributed by atoms with E-state index >= 15 is 0 Å². The molecule has 0 spiro atoms. The molecular formula is C32H32F2N4O2. The lowest BCUT2D eigenvalue weighted by molar-refractivity contribution is -0.0492. The van der Waals surface area contributed by atoms with E-state index in [0.717, 1.165) is 31.1 Å². The number of alkyl halides is 2. The molecule has 1 heterocycles. The molecule has 1 aromatic heterocycles. The molecular weight excluding hydrogens is 510 g/mol. The summed E-state index contributed by atoms with van der Waals surface area (Å²) in [7, 11) is 0. The van der Waals surface area contributed by atoms with E-state index in [9.17, 15) is 13.6 Å². The van der Waals surface area contributed by atoms with Crippen molar-refractivity contribution in [2.75, 3.05) is 11.9 Å². The fraction of sp³-hybridized carbons (Fsp3) is 0.344. The van der Waals surface area contributed by atoms with Crippen LogP contribution in [-0.2, 0) is 0 Å². The SMILES string of the molecule is C=C(C#N)CNc1c(OC(F)F)ccc2ccc(-c3cccc(C(=O)NC4CC5C=C(CC)CC(C5)C4)n3)cc12. The fourth-order valence-electron chi connectivity index (χ4n) is 5.99. The number of anilines is 1. The summed E-state index contributed by atoms with van der Waals surface area (Å²) >= 11 is 0. The van der Waals surface area contributed by atoms with Crippen molar-refractivity contribution >= 4 is 22.4 Å². The molecule has 3 unspecified atom stereocenters. The molecule has 1 fully saturated rings. The van der Waals surface area contributed by atoms with Gasteiger partial charge in [-0.2, -0.15) is 14.0 Å². The molecule has 1 amide bonds. The first kappa shape index (κ1) is 27.3. The van der Waals surface area contributed by atoms with Gasteiger partial charge in [-0.15, -0.1) is 0 Å². The molecule has 2 aliphatic rings. The number of aromatic nitrogens is 1. The van der Waals surface area contributed by atoms with Gasteiger partial charge in [-0.1, -0.05) is 49.4 Å². The third kappa shape index (κ3) is 6.15. The Balaban J connectivity index is 1.40. The largest absolute Gasteiger partial charge is 0.433 e. The van der Waals surface area contributed by atoms with Crippen LogP contribution in [0.1, 0.15) is 49.5 Å². The zero-order chi connectivity index (χ0) is 28.2. The Morgan fingerprint density at radius 1 is 1.20 bits per heavy atom. The number of rotatable bonds is 9. The van der Waals surface area contributed by atoms with Crippen LogP contribution in [0.25, 0.3) is 22.0 Å². The first-order valence-corrected chi connectivity index (χ1v) is 13.6. The second kappa shape index (κ2) is 11.9. The summed E-state index contributed by atoms with van der Waals surface area (Å²) in [5, 5.41) is 16.7. The van der Waals surface area contributed by atoms with Crippen molar-refractivity contribution in [1.29, 1.82) is 5.26 Å². The van der Waals surface area contributed by atoms with E-state index in [4.69, 9.17) is 10.00 Å². The van der Waals surface area contributed by atoms with E-state index in [-0.39, 0.29) is 29.8 Å². The Labute approximate surface area is 232 Å². The third-order valence-corrected chi connectivity index (χ3v) is 7.77. The van der Waals surface area contributed by atoms with Gasteiger partial charge in [0.05, 0.1) is 17.5 Å². The Bertz CT molecular complexity index is 1510. The number of fused-ring (bicyclic) bond motifs is 3. The first-order valence-electron chi connectivity index (χ1n) is 13.6. The lowest BCUT2D eigenvalue weighted by atomic mass is 9.71. The van der Waals surface area contributed by atoms with Gasteiger partial charge >= 0.3 is 6.61 Å². The standard InChI is InChI=1S/C32H32F2N4O2/c1-3-20-11-21-13-22(12-20)15-25(14-21)37-31(39)28-6-4-5-27(38-28)24-8-7-23-9-10-29(40-32(33)34)30(26(23)16-24)36-18-19(2)17-35/h4-11,16,21-22,25,32,36H,2-3,12-15,18H2,1H3,(H,37,39). The summed E-state index contributed by atoms with van der Waals surface area (Å²) in [5.74, 6) is 0.909. The van der Waals surface area contributed by atoms with E-state index in [1.165, 1.54) is 18.1 Å². The van der Waals surface area contributed by atoms with Gasteiger partial charge in [0.25, 0.3) is 5.91 Å². The lowest BCUT2D eigenvalue weighted by Gasteiger charge is -2.38. The maximum absolute atomic E-state index is 13.2. The Morgan fingerprint density at radius 3 is 2.77 bits per heavy atom. The molecule has 2 aliphatic carbocycles. The summed E-state index contributed by atoms with van der Waals surface area (Å²) in [6.45, 7) is 2.93. The van der Waals surface area contributed by atoms with Crippen LogP contribution in [0.15, 0.2) is 72.3 Å². The van der Waals surface area contributed by atoms with Crippen LogP contribution in [0, 0.1) is 23.2 Å². The number of hydrogen-bond donors (Lipinski definition) is 2. The number of nitrogens with one attached hydrogen (secondary N) is 2. The Hall–Kier alpha value is -4.25. The van der Waals surface area contributed by atoms with Gasteiger partial charge in [0.2, 0.25) is 0 Å². The molecule has 3 atom stereocenters. The minimum absolute atomic E-state index is 0.0374. The van der Waals surface area contributed by atoms with Gasteiger partial charge in [0.15, 0.2) is 0 Å². The minimum atomic E-state index is -3.01. The van der Waals surface area contributed by atoms with E-state index in [2.05, 4.69) is 35.2 Å². The number of nitriles is 1. The Kier molecular flexibility index (Phi) is 8.11. The van der Waals surface area contributed by atoms with Crippen LogP contribution in [-0.4, -0.2) is 30.1 Å². The van der Waals surface area contributed by atoms with Crippen molar-refractivity contribution in [2.45, 2.75) is 51.7 Å². The van der Waals surface area contributed by atoms with Crippen molar-refractivity contribution < 1.29 is 18.3 Å². The zero-order valence-electron chi connectivity index (χ0n) is 22.4. The number of ether oxygens (including phenoxy) is 1.